The minimum absolute atomic E-state index is 0.190. The van der Waals surface area contributed by atoms with Crippen LogP contribution < -0.4 is 5.32 Å². The van der Waals surface area contributed by atoms with Crippen molar-refractivity contribution in [3.05, 3.63) is 0 Å². The third-order valence-corrected chi connectivity index (χ3v) is 3.29. The molecule has 20 heavy (non-hydrogen) atoms. The number of ether oxygens (including phenoxy) is 2. The largest absolute Gasteiger partial charge is 0.459 e. The van der Waals surface area contributed by atoms with E-state index in [1.165, 1.54) is 0 Å². The highest BCUT2D eigenvalue weighted by molar-refractivity contribution is 5.72. The highest BCUT2D eigenvalue weighted by atomic mass is 16.6. The summed E-state index contributed by atoms with van der Waals surface area (Å²) in [6.45, 7) is 14.8. The fourth-order valence-corrected chi connectivity index (χ4v) is 2.16. The summed E-state index contributed by atoms with van der Waals surface area (Å²) in [5.74, 6) is 0.283. The number of carbonyl (C=O) groups excluding carboxylic acids is 1. The van der Waals surface area contributed by atoms with Gasteiger partial charge in [-0.1, -0.05) is 13.8 Å². The van der Waals surface area contributed by atoms with E-state index in [1.54, 1.807) is 0 Å². The van der Waals surface area contributed by atoms with E-state index < -0.39 is 5.60 Å². The number of esters is 1. The predicted molar refractivity (Wildman–Crippen MR) is 79.7 cm³/mol. The zero-order valence-electron chi connectivity index (χ0n) is 13.6. The molecule has 5 heteroatoms. The summed E-state index contributed by atoms with van der Waals surface area (Å²) >= 11 is 0. The van der Waals surface area contributed by atoms with Gasteiger partial charge in [-0.2, -0.15) is 0 Å². The van der Waals surface area contributed by atoms with Crippen LogP contribution in [-0.2, 0) is 14.3 Å². The number of nitrogens with one attached hydrogen (secondary N) is 1. The predicted octanol–water partition coefficient (Wildman–Crippen LogP) is 1.27. The molecule has 0 aliphatic carbocycles. The van der Waals surface area contributed by atoms with Crippen LogP contribution in [0, 0.1) is 5.92 Å². The van der Waals surface area contributed by atoms with E-state index in [1.807, 2.05) is 20.8 Å². The Bertz CT molecular complexity index is 294. The first kappa shape index (κ1) is 17.4. The summed E-state index contributed by atoms with van der Waals surface area (Å²) in [4.78, 5) is 14.1. The lowest BCUT2D eigenvalue weighted by Crippen LogP contribution is -2.49. The lowest BCUT2D eigenvalue weighted by atomic mass is 10.0. The summed E-state index contributed by atoms with van der Waals surface area (Å²) in [7, 11) is 0. The van der Waals surface area contributed by atoms with E-state index in [4.69, 9.17) is 9.47 Å². The van der Waals surface area contributed by atoms with Crippen LogP contribution in [0.1, 0.15) is 34.6 Å². The standard InChI is InChI=1S/C15H30N2O3/c1-12(2)13(11-17-6-8-19-9-7-17)16-10-14(18)20-15(3,4)5/h12-13,16H,6-11H2,1-5H3/t13-/m1/s1. The van der Waals surface area contributed by atoms with Crippen molar-refractivity contribution in [3.8, 4) is 0 Å². The maximum absolute atomic E-state index is 11.8. The van der Waals surface area contributed by atoms with Crippen LogP contribution in [0.4, 0.5) is 0 Å². The van der Waals surface area contributed by atoms with Crippen molar-refractivity contribution in [3.63, 3.8) is 0 Å². The van der Waals surface area contributed by atoms with Crippen LogP contribution in [0.5, 0.6) is 0 Å². The molecule has 0 aromatic rings. The van der Waals surface area contributed by atoms with Crippen LogP contribution in [0.2, 0.25) is 0 Å². The normalized spacial score (nSPS) is 19.1. The van der Waals surface area contributed by atoms with Gasteiger partial charge in [-0.25, -0.2) is 0 Å². The van der Waals surface area contributed by atoms with Gasteiger partial charge in [-0.15, -0.1) is 0 Å². The first-order valence-electron chi connectivity index (χ1n) is 7.53. The van der Waals surface area contributed by atoms with Gasteiger partial charge < -0.3 is 14.8 Å². The molecular weight excluding hydrogens is 256 g/mol. The van der Waals surface area contributed by atoms with Gasteiger partial charge in [0, 0.05) is 25.7 Å². The molecular formula is C15H30N2O3. The van der Waals surface area contributed by atoms with Gasteiger partial charge in [0.2, 0.25) is 0 Å². The Balaban J connectivity index is 2.36. The number of carbonyl (C=O) groups is 1. The molecule has 118 valence electrons. The average molecular weight is 286 g/mol. The topological polar surface area (TPSA) is 50.8 Å². The number of nitrogens with zero attached hydrogens (tertiary/aromatic N) is 1. The van der Waals surface area contributed by atoms with Crippen LogP contribution >= 0.6 is 0 Å². The van der Waals surface area contributed by atoms with Crippen molar-refractivity contribution in [1.29, 1.82) is 0 Å². The molecule has 1 heterocycles. The third-order valence-electron chi connectivity index (χ3n) is 3.29. The van der Waals surface area contributed by atoms with Crippen LogP contribution in [0.25, 0.3) is 0 Å². The van der Waals surface area contributed by atoms with Gasteiger partial charge in [-0.05, 0) is 26.7 Å². The number of morpholine rings is 1. The Labute approximate surface area is 123 Å². The molecule has 1 atom stereocenters. The summed E-state index contributed by atoms with van der Waals surface area (Å²) in [6.07, 6.45) is 0. The fourth-order valence-electron chi connectivity index (χ4n) is 2.16. The van der Waals surface area contributed by atoms with Crippen molar-refractivity contribution in [2.75, 3.05) is 39.4 Å². The van der Waals surface area contributed by atoms with Crippen molar-refractivity contribution in [1.82, 2.24) is 10.2 Å². The maximum Gasteiger partial charge on any atom is 0.320 e. The molecule has 0 aromatic carbocycles. The smallest absolute Gasteiger partial charge is 0.320 e. The van der Waals surface area contributed by atoms with Crippen LogP contribution in [-0.4, -0.2) is 61.9 Å². The summed E-state index contributed by atoms with van der Waals surface area (Å²) in [5, 5.41) is 3.33. The number of rotatable bonds is 6. The molecule has 0 radical (unpaired) electrons. The summed E-state index contributed by atoms with van der Waals surface area (Å²) in [5.41, 5.74) is -0.420. The first-order valence-corrected chi connectivity index (χ1v) is 7.53. The minimum Gasteiger partial charge on any atom is -0.459 e. The van der Waals surface area contributed by atoms with E-state index in [-0.39, 0.29) is 12.5 Å². The van der Waals surface area contributed by atoms with Crippen molar-refractivity contribution in [2.45, 2.75) is 46.3 Å². The van der Waals surface area contributed by atoms with Crippen molar-refractivity contribution in [2.24, 2.45) is 5.92 Å². The molecule has 1 saturated heterocycles. The van der Waals surface area contributed by atoms with E-state index in [2.05, 4.69) is 24.1 Å². The van der Waals surface area contributed by atoms with Crippen LogP contribution in [0.3, 0.4) is 0 Å². The van der Waals surface area contributed by atoms with Crippen LogP contribution in [0.15, 0.2) is 0 Å². The van der Waals surface area contributed by atoms with Crippen molar-refractivity contribution >= 4 is 5.97 Å². The highest BCUT2D eigenvalue weighted by Gasteiger charge is 2.21. The minimum atomic E-state index is -0.420. The van der Waals surface area contributed by atoms with Crippen molar-refractivity contribution < 1.29 is 14.3 Å². The monoisotopic (exact) mass is 286 g/mol. The zero-order valence-corrected chi connectivity index (χ0v) is 13.6. The Hall–Kier alpha value is -0.650. The number of hydrogen-bond donors (Lipinski definition) is 1. The van der Waals surface area contributed by atoms with E-state index in [0.717, 1.165) is 32.8 Å². The average Bonchev–Trinajstić information content (AvgIpc) is 2.33. The Morgan fingerprint density at radius 2 is 1.90 bits per heavy atom. The van der Waals surface area contributed by atoms with Gasteiger partial charge in [0.1, 0.15) is 5.60 Å². The molecule has 1 rings (SSSR count). The fraction of sp³-hybridized carbons (Fsp3) is 0.933. The van der Waals surface area contributed by atoms with E-state index >= 15 is 0 Å². The molecule has 0 saturated carbocycles. The quantitative estimate of drug-likeness (QED) is 0.745. The first-order chi connectivity index (χ1) is 9.28. The highest BCUT2D eigenvalue weighted by Crippen LogP contribution is 2.08. The zero-order chi connectivity index (χ0) is 15.2. The molecule has 0 unspecified atom stereocenters. The van der Waals surface area contributed by atoms with E-state index in [9.17, 15) is 4.79 Å². The van der Waals surface area contributed by atoms with Gasteiger partial charge in [0.15, 0.2) is 0 Å². The second kappa shape index (κ2) is 7.96. The maximum atomic E-state index is 11.8. The lowest BCUT2D eigenvalue weighted by molar-refractivity contribution is -0.153. The SMILES string of the molecule is CC(C)[C@@H](CN1CCOCC1)NCC(=O)OC(C)(C)C. The second-order valence-corrected chi connectivity index (χ2v) is 6.73. The molecule has 0 amide bonds. The van der Waals surface area contributed by atoms with Gasteiger partial charge in [-0.3, -0.25) is 9.69 Å². The summed E-state index contributed by atoms with van der Waals surface area (Å²) in [6, 6.07) is 0.292. The number of hydrogen-bond acceptors (Lipinski definition) is 5. The molecule has 1 aliphatic rings. The van der Waals surface area contributed by atoms with Gasteiger partial charge >= 0.3 is 5.97 Å². The Morgan fingerprint density at radius 3 is 2.40 bits per heavy atom. The lowest BCUT2D eigenvalue weighted by Gasteiger charge is -2.32. The molecule has 5 nitrogen and oxygen atoms in total. The molecule has 0 bridgehead atoms. The van der Waals surface area contributed by atoms with E-state index in [0.29, 0.717) is 12.0 Å². The Morgan fingerprint density at radius 1 is 1.30 bits per heavy atom. The molecule has 1 fully saturated rings. The van der Waals surface area contributed by atoms with Gasteiger partial charge in [0.05, 0.1) is 19.8 Å². The summed E-state index contributed by atoms with van der Waals surface area (Å²) < 4.78 is 10.7. The third kappa shape index (κ3) is 7.22. The molecule has 1 aliphatic heterocycles. The second-order valence-electron chi connectivity index (χ2n) is 6.73. The Kier molecular flexibility index (Phi) is 6.92. The molecule has 0 spiro atoms. The molecule has 0 aromatic heterocycles. The molecule has 1 N–H and O–H groups in total. The van der Waals surface area contributed by atoms with Gasteiger partial charge in [0.25, 0.3) is 0 Å².